The van der Waals surface area contributed by atoms with Crippen LogP contribution in [0.4, 0.5) is 0 Å². The van der Waals surface area contributed by atoms with Gasteiger partial charge in [0.25, 0.3) is 0 Å². The molecule has 0 radical (unpaired) electrons. The molecule has 7 heteroatoms. The number of rotatable bonds is 5. The van der Waals surface area contributed by atoms with E-state index in [0.717, 1.165) is 12.8 Å². The van der Waals surface area contributed by atoms with Crippen molar-refractivity contribution in [2.24, 2.45) is 5.73 Å². The average Bonchev–Trinajstić information content (AvgIpc) is 2.25. The zero-order valence-corrected chi connectivity index (χ0v) is 9.62. The van der Waals surface area contributed by atoms with Gasteiger partial charge in [-0.05, 0) is 12.8 Å². The number of hydrogen-bond acceptors (Lipinski definition) is 4. The quantitative estimate of drug-likeness (QED) is 0.204. The molecule has 1 heterocycles. The summed E-state index contributed by atoms with van der Waals surface area (Å²) in [4.78, 5) is 10.8. The minimum absolute atomic E-state index is 0.0375. The zero-order chi connectivity index (χ0) is 12.8. The Kier molecular flexibility index (Phi) is 4.77. The summed E-state index contributed by atoms with van der Waals surface area (Å²) in [6.07, 6.45) is 1.65. The summed E-state index contributed by atoms with van der Waals surface area (Å²) >= 11 is 0. The second-order valence-electron chi connectivity index (χ2n) is 4.00. The molecule has 96 valence electrons. The molecule has 2 atom stereocenters. The highest BCUT2D eigenvalue weighted by Crippen LogP contribution is 2.09. The van der Waals surface area contributed by atoms with Crippen LogP contribution in [-0.2, 0) is 4.79 Å². The number of piperazine rings is 1. The molecule has 1 aliphatic heterocycles. The number of guanidine groups is 1. The molecule has 1 fully saturated rings. The Morgan fingerprint density at radius 2 is 2.41 bits per heavy atom. The summed E-state index contributed by atoms with van der Waals surface area (Å²) in [6, 6.07) is -0.534. The fraction of sp³-hybridized carbons (Fsp3) is 0.600. The molecule has 0 aliphatic carbocycles. The third-order valence-corrected chi connectivity index (χ3v) is 2.63. The Labute approximate surface area is 100.0 Å². The summed E-state index contributed by atoms with van der Waals surface area (Å²) in [5, 5.41) is 24.5. The number of nitrogens with one attached hydrogen (secondary N) is 4. The van der Waals surface area contributed by atoms with Gasteiger partial charge in [-0.3, -0.25) is 5.41 Å². The van der Waals surface area contributed by atoms with E-state index in [1.54, 1.807) is 0 Å². The minimum Gasteiger partial charge on any atom is -0.480 e. The predicted octanol–water partition coefficient (Wildman–Crippen LogP) is -1.22. The van der Waals surface area contributed by atoms with Crippen molar-refractivity contribution in [3.8, 4) is 0 Å². The van der Waals surface area contributed by atoms with Gasteiger partial charge in [0.15, 0.2) is 5.96 Å². The van der Waals surface area contributed by atoms with Crippen molar-refractivity contribution in [3.05, 3.63) is 12.3 Å². The first kappa shape index (κ1) is 13.3. The number of carbonyl (C=O) groups is 1. The first-order valence-electron chi connectivity index (χ1n) is 5.50. The largest absolute Gasteiger partial charge is 0.480 e. The summed E-state index contributed by atoms with van der Waals surface area (Å²) in [6.45, 7) is 4.83. The van der Waals surface area contributed by atoms with E-state index in [2.05, 4.69) is 22.5 Å². The Bertz CT molecular complexity index is 318. The highest BCUT2D eigenvalue weighted by atomic mass is 16.4. The zero-order valence-electron chi connectivity index (χ0n) is 9.62. The second-order valence-corrected chi connectivity index (χ2v) is 4.00. The van der Waals surface area contributed by atoms with E-state index < -0.39 is 12.0 Å². The van der Waals surface area contributed by atoms with Crippen molar-refractivity contribution < 1.29 is 9.90 Å². The van der Waals surface area contributed by atoms with Gasteiger partial charge in [-0.2, -0.15) is 0 Å². The maximum atomic E-state index is 10.8. The summed E-state index contributed by atoms with van der Waals surface area (Å²) in [5.74, 6) is -0.917. The van der Waals surface area contributed by atoms with Crippen LogP contribution in [-0.4, -0.2) is 42.2 Å². The van der Waals surface area contributed by atoms with Crippen LogP contribution in [0.15, 0.2) is 12.3 Å². The maximum Gasteiger partial charge on any atom is 0.327 e. The Hall–Kier alpha value is -1.76. The lowest BCUT2D eigenvalue weighted by atomic mass is 10.0. The molecule has 0 aromatic heterocycles. The van der Waals surface area contributed by atoms with Gasteiger partial charge in [0.1, 0.15) is 6.04 Å². The number of carboxylic acid groups (broad SMARTS) is 1. The predicted molar refractivity (Wildman–Crippen MR) is 64.6 cm³/mol. The topological polar surface area (TPSA) is 123 Å². The van der Waals surface area contributed by atoms with Gasteiger partial charge in [0, 0.05) is 24.8 Å². The third-order valence-electron chi connectivity index (χ3n) is 2.63. The Balaban J connectivity index is 2.25. The van der Waals surface area contributed by atoms with Gasteiger partial charge in [0.2, 0.25) is 0 Å². The minimum atomic E-state index is -0.879. The molecule has 0 amide bonds. The number of hydrogen-bond donors (Lipinski definition) is 6. The standard InChI is InChI=1S/C10H19N5O2/c1-6-7(3-2-4-13-10(11)12)14-5-8(15-6)9(16)17/h7-8,14-15H,1-5H2,(H,16,17)(H4,11,12,13)/t7-,8-/m1/s1. The highest BCUT2D eigenvalue weighted by molar-refractivity contribution is 5.74. The van der Waals surface area contributed by atoms with E-state index in [-0.39, 0.29) is 12.0 Å². The van der Waals surface area contributed by atoms with Crippen LogP contribution >= 0.6 is 0 Å². The van der Waals surface area contributed by atoms with Crippen molar-refractivity contribution in [2.45, 2.75) is 24.9 Å². The fourth-order valence-corrected chi connectivity index (χ4v) is 1.71. The van der Waals surface area contributed by atoms with Gasteiger partial charge in [-0.25, -0.2) is 4.79 Å². The van der Waals surface area contributed by atoms with Gasteiger partial charge >= 0.3 is 5.97 Å². The van der Waals surface area contributed by atoms with Gasteiger partial charge in [-0.1, -0.05) is 6.58 Å². The third kappa shape index (κ3) is 4.31. The molecule has 0 aromatic carbocycles. The Morgan fingerprint density at radius 1 is 1.71 bits per heavy atom. The molecular weight excluding hydrogens is 222 g/mol. The van der Waals surface area contributed by atoms with Crippen LogP contribution in [0, 0.1) is 5.41 Å². The van der Waals surface area contributed by atoms with Crippen LogP contribution in [0.1, 0.15) is 12.8 Å². The number of carboxylic acids is 1. The van der Waals surface area contributed by atoms with Crippen LogP contribution in [0.5, 0.6) is 0 Å². The number of aliphatic carboxylic acids is 1. The summed E-state index contributed by atoms with van der Waals surface area (Å²) < 4.78 is 0. The van der Waals surface area contributed by atoms with Crippen molar-refractivity contribution in [1.29, 1.82) is 5.41 Å². The van der Waals surface area contributed by atoms with Crippen LogP contribution < -0.4 is 21.7 Å². The first-order valence-corrected chi connectivity index (χ1v) is 5.50. The molecule has 0 spiro atoms. The fourth-order valence-electron chi connectivity index (χ4n) is 1.71. The van der Waals surface area contributed by atoms with Crippen molar-refractivity contribution in [1.82, 2.24) is 16.0 Å². The van der Waals surface area contributed by atoms with E-state index >= 15 is 0 Å². The normalized spacial score (nSPS) is 23.9. The molecule has 0 saturated carbocycles. The lowest BCUT2D eigenvalue weighted by Crippen LogP contribution is -2.55. The van der Waals surface area contributed by atoms with E-state index in [1.807, 2.05) is 0 Å². The summed E-state index contributed by atoms with van der Waals surface area (Å²) in [5.41, 5.74) is 5.85. The monoisotopic (exact) mass is 241 g/mol. The van der Waals surface area contributed by atoms with Gasteiger partial charge < -0.3 is 26.8 Å². The smallest absolute Gasteiger partial charge is 0.327 e. The van der Waals surface area contributed by atoms with Crippen LogP contribution in [0.2, 0.25) is 0 Å². The molecule has 7 N–H and O–H groups in total. The molecule has 17 heavy (non-hydrogen) atoms. The van der Waals surface area contributed by atoms with E-state index in [4.69, 9.17) is 16.2 Å². The second kappa shape index (κ2) is 6.09. The van der Waals surface area contributed by atoms with Crippen LogP contribution in [0.3, 0.4) is 0 Å². The molecule has 0 aromatic rings. The van der Waals surface area contributed by atoms with E-state index in [1.165, 1.54) is 0 Å². The molecule has 1 rings (SSSR count). The van der Waals surface area contributed by atoms with E-state index in [9.17, 15) is 4.79 Å². The average molecular weight is 241 g/mol. The molecule has 0 bridgehead atoms. The lowest BCUT2D eigenvalue weighted by Gasteiger charge is -2.31. The van der Waals surface area contributed by atoms with Crippen LogP contribution in [0.25, 0.3) is 0 Å². The van der Waals surface area contributed by atoms with Crippen molar-refractivity contribution >= 4 is 11.9 Å². The lowest BCUT2D eigenvalue weighted by molar-refractivity contribution is -0.139. The first-order chi connectivity index (χ1) is 8.00. The highest BCUT2D eigenvalue weighted by Gasteiger charge is 2.26. The maximum absolute atomic E-state index is 10.8. The molecule has 7 nitrogen and oxygen atoms in total. The van der Waals surface area contributed by atoms with Crippen molar-refractivity contribution in [2.75, 3.05) is 13.1 Å². The molecule has 1 saturated heterocycles. The van der Waals surface area contributed by atoms with Gasteiger partial charge in [0.05, 0.1) is 0 Å². The Morgan fingerprint density at radius 3 is 2.94 bits per heavy atom. The SMILES string of the molecule is C=C1N[C@@H](C(=O)O)CN[C@@H]1CCCNC(=N)N. The molecule has 0 unspecified atom stereocenters. The van der Waals surface area contributed by atoms with Crippen molar-refractivity contribution in [3.63, 3.8) is 0 Å². The molecular formula is C10H19N5O2. The summed E-state index contributed by atoms with van der Waals surface area (Å²) in [7, 11) is 0. The number of nitrogens with two attached hydrogens (primary N) is 1. The van der Waals surface area contributed by atoms with Gasteiger partial charge in [-0.15, -0.1) is 0 Å². The molecule has 1 aliphatic rings. The van der Waals surface area contributed by atoms with E-state index in [0.29, 0.717) is 18.8 Å².